The molecule has 0 radical (unpaired) electrons. The van der Waals surface area contributed by atoms with Crippen molar-refractivity contribution in [1.29, 1.82) is 0 Å². The second-order valence-corrected chi connectivity index (χ2v) is 6.42. The third-order valence-electron chi connectivity index (χ3n) is 3.75. The zero-order valence-electron chi connectivity index (χ0n) is 12.1. The number of aromatic nitrogens is 1. The topological polar surface area (TPSA) is 28.2 Å². The van der Waals surface area contributed by atoms with Crippen molar-refractivity contribution >= 4 is 11.3 Å². The lowest BCUT2D eigenvalue weighted by atomic mass is 10.1. The molecule has 3 nitrogen and oxygen atoms in total. The molecule has 0 aliphatic carbocycles. The van der Waals surface area contributed by atoms with Gasteiger partial charge in [0, 0.05) is 37.3 Å². The predicted molar refractivity (Wildman–Crippen MR) is 84.3 cm³/mol. The molecule has 1 aliphatic heterocycles. The van der Waals surface area contributed by atoms with Crippen LogP contribution in [0.4, 0.5) is 0 Å². The first-order valence-electron chi connectivity index (χ1n) is 7.16. The minimum atomic E-state index is 0.302. The molecule has 2 aromatic rings. The van der Waals surface area contributed by atoms with Gasteiger partial charge in [-0.15, -0.1) is 11.3 Å². The van der Waals surface area contributed by atoms with Crippen molar-refractivity contribution in [1.82, 2.24) is 15.2 Å². The first-order chi connectivity index (χ1) is 9.74. The van der Waals surface area contributed by atoms with Gasteiger partial charge in [0.05, 0.1) is 11.7 Å². The summed E-state index contributed by atoms with van der Waals surface area (Å²) < 4.78 is 0. The van der Waals surface area contributed by atoms with E-state index in [-0.39, 0.29) is 0 Å². The Morgan fingerprint density at radius 1 is 1.20 bits per heavy atom. The summed E-state index contributed by atoms with van der Waals surface area (Å²) in [5.41, 5.74) is 3.73. The fourth-order valence-electron chi connectivity index (χ4n) is 2.69. The van der Waals surface area contributed by atoms with Gasteiger partial charge >= 0.3 is 0 Å². The maximum absolute atomic E-state index is 4.68. The summed E-state index contributed by atoms with van der Waals surface area (Å²) in [6.45, 7) is 8.54. The average molecular weight is 287 g/mol. The van der Waals surface area contributed by atoms with Crippen LogP contribution in [0.15, 0.2) is 29.8 Å². The highest BCUT2D eigenvalue weighted by molar-refractivity contribution is 7.10. The molecule has 1 atom stereocenters. The molecule has 0 spiro atoms. The lowest BCUT2D eigenvalue weighted by molar-refractivity contribution is 0.198. The third kappa shape index (κ3) is 2.92. The molecule has 1 unspecified atom stereocenters. The summed E-state index contributed by atoms with van der Waals surface area (Å²) in [6, 6.07) is 6.95. The summed E-state index contributed by atoms with van der Waals surface area (Å²) in [6.07, 6.45) is 1.98. The molecular formula is C16H21N3S. The molecule has 0 saturated carbocycles. The molecule has 1 fully saturated rings. The lowest BCUT2D eigenvalue weighted by Crippen LogP contribution is -2.45. The van der Waals surface area contributed by atoms with Gasteiger partial charge in [-0.1, -0.05) is 6.07 Å². The second-order valence-electron chi connectivity index (χ2n) is 5.48. The molecule has 1 saturated heterocycles. The summed E-state index contributed by atoms with van der Waals surface area (Å²) in [5.74, 6) is 0. The van der Waals surface area contributed by atoms with Crippen LogP contribution in [-0.4, -0.2) is 36.1 Å². The lowest BCUT2D eigenvalue weighted by Gasteiger charge is -2.34. The van der Waals surface area contributed by atoms with Gasteiger partial charge in [-0.2, -0.15) is 0 Å². The van der Waals surface area contributed by atoms with Crippen LogP contribution in [0.25, 0.3) is 0 Å². The van der Waals surface area contributed by atoms with Crippen molar-refractivity contribution in [2.75, 3.05) is 26.2 Å². The first kappa shape index (κ1) is 13.7. The maximum atomic E-state index is 4.68. The van der Waals surface area contributed by atoms with Crippen LogP contribution in [0.2, 0.25) is 0 Å². The van der Waals surface area contributed by atoms with E-state index in [1.807, 2.05) is 17.5 Å². The minimum Gasteiger partial charge on any atom is -0.314 e. The number of piperazine rings is 1. The fraction of sp³-hybridized carbons (Fsp3) is 0.438. The number of thiophene rings is 1. The summed E-state index contributed by atoms with van der Waals surface area (Å²) in [4.78, 5) is 8.63. The number of hydrogen-bond acceptors (Lipinski definition) is 4. The van der Waals surface area contributed by atoms with Crippen molar-refractivity contribution in [3.05, 3.63) is 51.5 Å². The molecule has 4 heteroatoms. The van der Waals surface area contributed by atoms with Crippen LogP contribution in [0.5, 0.6) is 0 Å². The minimum absolute atomic E-state index is 0.302. The molecular weight excluding hydrogens is 266 g/mol. The van der Waals surface area contributed by atoms with Crippen molar-refractivity contribution in [2.45, 2.75) is 19.9 Å². The quantitative estimate of drug-likeness (QED) is 0.941. The predicted octanol–water partition coefficient (Wildman–Crippen LogP) is 2.75. The zero-order valence-corrected chi connectivity index (χ0v) is 12.9. The standard InChI is InChI=1S/C16H21N3S/c1-12-3-4-14(18-10-12)16(15-9-13(2)11-20-15)19-7-5-17-6-8-19/h3-4,9-11,16-17H,5-8H2,1-2H3. The van der Waals surface area contributed by atoms with E-state index in [1.165, 1.54) is 21.7 Å². The van der Waals surface area contributed by atoms with E-state index >= 15 is 0 Å². The third-order valence-corrected chi connectivity index (χ3v) is 4.85. The van der Waals surface area contributed by atoms with Gasteiger partial charge in [0.1, 0.15) is 0 Å². The highest BCUT2D eigenvalue weighted by Crippen LogP contribution is 2.32. The van der Waals surface area contributed by atoms with Gasteiger partial charge in [-0.3, -0.25) is 9.88 Å². The molecule has 3 heterocycles. The smallest absolute Gasteiger partial charge is 0.0870 e. The van der Waals surface area contributed by atoms with E-state index in [1.54, 1.807) is 0 Å². The van der Waals surface area contributed by atoms with Gasteiger partial charge in [-0.05, 0) is 42.5 Å². The molecule has 3 rings (SSSR count). The van der Waals surface area contributed by atoms with Crippen molar-refractivity contribution in [2.24, 2.45) is 0 Å². The molecule has 20 heavy (non-hydrogen) atoms. The maximum Gasteiger partial charge on any atom is 0.0870 e. The van der Waals surface area contributed by atoms with E-state index in [0.29, 0.717) is 6.04 Å². The van der Waals surface area contributed by atoms with Crippen LogP contribution < -0.4 is 5.32 Å². The van der Waals surface area contributed by atoms with Crippen LogP contribution in [0.1, 0.15) is 27.7 Å². The molecule has 0 aromatic carbocycles. The normalized spacial score (nSPS) is 18.1. The first-order valence-corrected chi connectivity index (χ1v) is 8.04. The Balaban J connectivity index is 1.95. The molecule has 1 N–H and O–H groups in total. The Kier molecular flexibility index (Phi) is 4.15. The average Bonchev–Trinajstić information content (AvgIpc) is 2.89. The number of rotatable bonds is 3. The molecule has 2 aromatic heterocycles. The van der Waals surface area contributed by atoms with Gasteiger partial charge in [-0.25, -0.2) is 0 Å². The number of nitrogens with zero attached hydrogens (tertiary/aromatic N) is 2. The SMILES string of the molecule is Cc1ccc(C(c2cc(C)cs2)N2CCNCC2)nc1. The monoisotopic (exact) mass is 287 g/mol. The van der Waals surface area contributed by atoms with Crippen molar-refractivity contribution < 1.29 is 0 Å². The van der Waals surface area contributed by atoms with E-state index in [4.69, 9.17) is 0 Å². The number of hydrogen-bond donors (Lipinski definition) is 1. The van der Waals surface area contributed by atoms with Crippen LogP contribution >= 0.6 is 11.3 Å². The van der Waals surface area contributed by atoms with Crippen LogP contribution in [-0.2, 0) is 0 Å². The molecule has 1 aliphatic rings. The van der Waals surface area contributed by atoms with E-state index in [2.05, 4.69) is 52.6 Å². The number of nitrogens with one attached hydrogen (secondary N) is 1. The second kappa shape index (κ2) is 6.04. The molecule has 106 valence electrons. The molecule has 0 bridgehead atoms. The van der Waals surface area contributed by atoms with E-state index in [0.717, 1.165) is 26.2 Å². The van der Waals surface area contributed by atoms with Crippen molar-refractivity contribution in [3.8, 4) is 0 Å². The van der Waals surface area contributed by atoms with Crippen LogP contribution in [0.3, 0.4) is 0 Å². The zero-order chi connectivity index (χ0) is 13.9. The highest BCUT2D eigenvalue weighted by Gasteiger charge is 2.25. The van der Waals surface area contributed by atoms with E-state index < -0.39 is 0 Å². The Bertz CT molecular complexity index is 555. The van der Waals surface area contributed by atoms with Gasteiger partial charge < -0.3 is 5.32 Å². The largest absolute Gasteiger partial charge is 0.314 e. The Labute approximate surface area is 124 Å². The molecule has 0 amide bonds. The van der Waals surface area contributed by atoms with Crippen LogP contribution in [0, 0.1) is 13.8 Å². The summed E-state index contributed by atoms with van der Waals surface area (Å²) in [5, 5.41) is 5.66. The summed E-state index contributed by atoms with van der Waals surface area (Å²) >= 11 is 1.85. The Morgan fingerprint density at radius 2 is 2.00 bits per heavy atom. The van der Waals surface area contributed by atoms with Gasteiger partial charge in [0.15, 0.2) is 0 Å². The Morgan fingerprint density at radius 3 is 2.60 bits per heavy atom. The van der Waals surface area contributed by atoms with Gasteiger partial charge in [0.25, 0.3) is 0 Å². The number of aryl methyl sites for hydroxylation is 2. The fourth-order valence-corrected chi connectivity index (χ4v) is 3.73. The van der Waals surface area contributed by atoms with Crippen molar-refractivity contribution in [3.63, 3.8) is 0 Å². The number of pyridine rings is 1. The van der Waals surface area contributed by atoms with Gasteiger partial charge in [0.2, 0.25) is 0 Å². The Hall–Kier alpha value is -1.23. The van der Waals surface area contributed by atoms with E-state index in [9.17, 15) is 0 Å². The summed E-state index contributed by atoms with van der Waals surface area (Å²) in [7, 11) is 0. The highest BCUT2D eigenvalue weighted by atomic mass is 32.1.